The van der Waals surface area contributed by atoms with Gasteiger partial charge in [0.05, 0.1) is 5.69 Å². The van der Waals surface area contributed by atoms with Gasteiger partial charge in [0.1, 0.15) is 5.82 Å². The van der Waals surface area contributed by atoms with Crippen molar-refractivity contribution in [1.29, 1.82) is 0 Å². The number of fused-ring (bicyclic) bond motifs is 1. The van der Waals surface area contributed by atoms with Crippen molar-refractivity contribution in [2.24, 2.45) is 12.0 Å². The van der Waals surface area contributed by atoms with E-state index in [1.54, 1.807) is 12.1 Å². The van der Waals surface area contributed by atoms with Gasteiger partial charge >= 0.3 is 0 Å². The molecule has 0 N–H and O–H groups in total. The minimum Gasteiger partial charge on any atom is -0.347 e. The Kier molecular flexibility index (Phi) is 3.11. The number of nitrogens with zero attached hydrogens (tertiary/aromatic N) is 2. The van der Waals surface area contributed by atoms with Crippen LogP contribution in [-0.4, -0.2) is 10.8 Å². The first-order valence-electron chi connectivity index (χ1n) is 6.50. The average Bonchev–Trinajstić information content (AvgIpc) is 2.70. The van der Waals surface area contributed by atoms with Crippen LogP contribution in [0.5, 0.6) is 0 Å². The number of benzene rings is 2. The second-order valence-corrected chi connectivity index (χ2v) is 4.81. The SMILES string of the molecule is Cc1c(C=Nc2cccc(F)c2)c2ccccc2n1C. The lowest BCUT2D eigenvalue weighted by Gasteiger charge is -1.97. The lowest BCUT2D eigenvalue weighted by atomic mass is 10.1. The van der Waals surface area contributed by atoms with Crippen molar-refractivity contribution in [2.75, 3.05) is 0 Å². The van der Waals surface area contributed by atoms with Crippen molar-refractivity contribution < 1.29 is 4.39 Å². The third kappa shape index (κ3) is 2.11. The lowest BCUT2D eigenvalue weighted by molar-refractivity contribution is 0.628. The van der Waals surface area contributed by atoms with Crippen LogP contribution in [-0.2, 0) is 7.05 Å². The first kappa shape index (κ1) is 12.6. The second kappa shape index (κ2) is 4.93. The Morgan fingerprint density at radius 3 is 2.70 bits per heavy atom. The van der Waals surface area contributed by atoms with Crippen LogP contribution in [0, 0.1) is 12.7 Å². The molecule has 0 aliphatic carbocycles. The normalized spacial score (nSPS) is 11.6. The molecule has 2 aromatic carbocycles. The summed E-state index contributed by atoms with van der Waals surface area (Å²) in [6.45, 7) is 2.06. The van der Waals surface area contributed by atoms with Crippen molar-refractivity contribution in [3.63, 3.8) is 0 Å². The molecule has 3 rings (SSSR count). The van der Waals surface area contributed by atoms with Gasteiger partial charge in [-0.3, -0.25) is 4.99 Å². The number of halogens is 1. The largest absolute Gasteiger partial charge is 0.347 e. The third-order valence-corrected chi connectivity index (χ3v) is 3.60. The van der Waals surface area contributed by atoms with Gasteiger partial charge in [-0.2, -0.15) is 0 Å². The summed E-state index contributed by atoms with van der Waals surface area (Å²) in [5, 5.41) is 1.16. The minimum absolute atomic E-state index is 0.269. The molecule has 0 atom stereocenters. The van der Waals surface area contributed by atoms with E-state index in [0.717, 1.165) is 16.6 Å². The monoisotopic (exact) mass is 266 g/mol. The molecule has 0 spiro atoms. The highest BCUT2D eigenvalue weighted by molar-refractivity contribution is 6.01. The quantitative estimate of drug-likeness (QED) is 0.613. The van der Waals surface area contributed by atoms with Crippen molar-refractivity contribution in [1.82, 2.24) is 4.57 Å². The summed E-state index contributed by atoms with van der Waals surface area (Å²) in [6, 6.07) is 14.5. The van der Waals surface area contributed by atoms with Gasteiger partial charge in [-0.05, 0) is 31.2 Å². The zero-order valence-electron chi connectivity index (χ0n) is 11.5. The molecule has 0 unspecified atom stereocenters. The number of aryl methyl sites for hydroxylation is 1. The van der Waals surface area contributed by atoms with Gasteiger partial charge in [0.2, 0.25) is 0 Å². The van der Waals surface area contributed by atoms with Gasteiger partial charge in [-0.1, -0.05) is 24.3 Å². The summed E-state index contributed by atoms with van der Waals surface area (Å²) >= 11 is 0. The van der Waals surface area contributed by atoms with Gasteiger partial charge in [0, 0.05) is 35.4 Å². The first-order chi connectivity index (χ1) is 9.66. The highest BCUT2D eigenvalue weighted by Gasteiger charge is 2.09. The van der Waals surface area contributed by atoms with Crippen LogP contribution >= 0.6 is 0 Å². The average molecular weight is 266 g/mol. The van der Waals surface area contributed by atoms with E-state index in [1.165, 1.54) is 17.6 Å². The van der Waals surface area contributed by atoms with E-state index in [4.69, 9.17) is 0 Å². The van der Waals surface area contributed by atoms with Crippen LogP contribution in [0.2, 0.25) is 0 Å². The molecular formula is C17H15FN2. The predicted molar refractivity (Wildman–Crippen MR) is 81.3 cm³/mol. The number of hydrogen-bond acceptors (Lipinski definition) is 1. The maximum atomic E-state index is 13.2. The fourth-order valence-corrected chi connectivity index (χ4v) is 2.41. The fraction of sp³-hybridized carbons (Fsp3) is 0.118. The molecule has 1 aromatic heterocycles. The molecule has 0 saturated heterocycles. The Labute approximate surface area is 117 Å². The Morgan fingerprint density at radius 2 is 1.90 bits per heavy atom. The van der Waals surface area contributed by atoms with E-state index < -0.39 is 0 Å². The molecule has 0 saturated carbocycles. The first-order valence-corrected chi connectivity index (χ1v) is 6.50. The number of aromatic nitrogens is 1. The number of para-hydroxylation sites is 1. The summed E-state index contributed by atoms with van der Waals surface area (Å²) in [4.78, 5) is 4.38. The Balaban J connectivity index is 2.09. The van der Waals surface area contributed by atoms with Crippen LogP contribution in [0.25, 0.3) is 10.9 Å². The molecule has 3 heteroatoms. The smallest absolute Gasteiger partial charge is 0.125 e. The number of hydrogen-bond donors (Lipinski definition) is 0. The zero-order chi connectivity index (χ0) is 14.1. The number of rotatable bonds is 2. The van der Waals surface area contributed by atoms with E-state index >= 15 is 0 Å². The molecule has 0 aliphatic rings. The van der Waals surface area contributed by atoms with Crippen molar-refractivity contribution >= 4 is 22.8 Å². The van der Waals surface area contributed by atoms with Gasteiger partial charge in [0.25, 0.3) is 0 Å². The van der Waals surface area contributed by atoms with E-state index in [1.807, 2.05) is 25.4 Å². The van der Waals surface area contributed by atoms with Gasteiger partial charge in [0.15, 0.2) is 0 Å². The summed E-state index contributed by atoms with van der Waals surface area (Å²) in [5.41, 5.74) is 4.02. The minimum atomic E-state index is -0.269. The highest BCUT2D eigenvalue weighted by Crippen LogP contribution is 2.24. The van der Waals surface area contributed by atoms with Crippen LogP contribution in [0.1, 0.15) is 11.3 Å². The van der Waals surface area contributed by atoms with E-state index in [2.05, 4.69) is 28.6 Å². The van der Waals surface area contributed by atoms with Gasteiger partial charge < -0.3 is 4.57 Å². The molecule has 1 heterocycles. The number of aliphatic imine (C=N–C) groups is 1. The van der Waals surface area contributed by atoms with E-state index in [0.29, 0.717) is 5.69 Å². The molecular weight excluding hydrogens is 251 g/mol. The van der Waals surface area contributed by atoms with E-state index in [9.17, 15) is 4.39 Å². The standard InChI is InChI=1S/C17H15FN2/c1-12-16(11-19-14-7-5-6-13(18)10-14)15-8-3-4-9-17(15)20(12)2/h3-11H,1-2H3. The summed E-state index contributed by atoms with van der Waals surface area (Å²) in [7, 11) is 2.04. The summed E-state index contributed by atoms with van der Waals surface area (Å²) in [6.07, 6.45) is 1.81. The third-order valence-electron chi connectivity index (χ3n) is 3.60. The molecule has 3 aromatic rings. The Bertz CT molecular complexity index is 800. The van der Waals surface area contributed by atoms with Crippen LogP contribution in [0.4, 0.5) is 10.1 Å². The molecule has 0 bridgehead atoms. The Morgan fingerprint density at radius 1 is 1.10 bits per heavy atom. The zero-order valence-corrected chi connectivity index (χ0v) is 11.5. The van der Waals surface area contributed by atoms with E-state index in [-0.39, 0.29) is 5.82 Å². The molecule has 20 heavy (non-hydrogen) atoms. The summed E-state index contributed by atoms with van der Waals surface area (Å²) in [5.74, 6) is -0.269. The molecule has 100 valence electrons. The maximum absolute atomic E-state index is 13.2. The lowest BCUT2D eigenvalue weighted by Crippen LogP contribution is -1.91. The predicted octanol–water partition coefficient (Wildman–Crippen LogP) is 4.38. The topological polar surface area (TPSA) is 17.3 Å². The molecule has 0 amide bonds. The molecule has 0 fully saturated rings. The maximum Gasteiger partial charge on any atom is 0.125 e. The highest BCUT2D eigenvalue weighted by atomic mass is 19.1. The van der Waals surface area contributed by atoms with Crippen molar-refractivity contribution in [3.05, 3.63) is 65.6 Å². The van der Waals surface area contributed by atoms with Gasteiger partial charge in [-0.25, -0.2) is 4.39 Å². The molecule has 0 radical (unpaired) electrons. The fourth-order valence-electron chi connectivity index (χ4n) is 2.41. The van der Waals surface area contributed by atoms with Crippen molar-refractivity contribution in [2.45, 2.75) is 6.92 Å². The van der Waals surface area contributed by atoms with Crippen LogP contribution < -0.4 is 0 Å². The van der Waals surface area contributed by atoms with Crippen molar-refractivity contribution in [3.8, 4) is 0 Å². The van der Waals surface area contributed by atoms with Crippen LogP contribution in [0.15, 0.2) is 53.5 Å². The second-order valence-electron chi connectivity index (χ2n) is 4.81. The molecule has 0 aliphatic heterocycles. The Hall–Kier alpha value is -2.42. The van der Waals surface area contributed by atoms with Crippen LogP contribution in [0.3, 0.4) is 0 Å². The van der Waals surface area contributed by atoms with Gasteiger partial charge in [-0.15, -0.1) is 0 Å². The molecule has 2 nitrogen and oxygen atoms in total. The summed E-state index contributed by atoms with van der Waals surface area (Å²) < 4.78 is 15.3.